The second-order valence-electron chi connectivity index (χ2n) is 8.45. The molecule has 2 N–H and O–H groups in total. The molecule has 182 valence electrons. The minimum atomic E-state index is -0.458. The first-order valence-electron chi connectivity index (χ1n) is 11.0. The molecule has 0 bridgehead atoms. The quantitative estimate of drug-likeness (QED) is 0.512. The number of aromatic nitrogens is 3. The number of hydrogen-bond donors (Lipinski definition) is 2. The number of nitrogens with zero attached hydrogens (tertiary/aromatic N) is 5. The highest BCUT2D eigenvalue weighted by molar-refractivity contribution is 7.16. The van der Waals surface area contributed by atoms with Crippen LogP contribution in [0.5, 0.6) is 5.75 Å². The first-order chi connectivity index (χ1) is 16.8. The van der Waals surface area contributed by atoms with E-state index < -0.39 is 6.10 Å². The van der Waals surface area contributed by atoms with Crippen LogP contribution in [0.15, 0.2) is 24.5 Å². The average Bonchev–Trinajstić information content (AvgIpc) is 3.53. The number of carbonyl (C=O) groups excluding carboxylic acids is 2. The molecule has 0 radical (unpaired) electrons. The summed E-state index contributed by atoms with van der Waals surface area (Å²) in [7, 11) is 1.53. The number of methoxy groups -OCH3 is 1. The van der Waals surface area contributed by atoms with Crippen LogP contribution >= 0.6 is 22.9 Å². The van der Waals surface area contributed by atoms with Gasteiger partial charge in [-0.2, -0.15) is 0 Å². The molecule has 3 amide bonds. The summed E-state index contributed by atoms with van der Waals surface area (Å²) >= 11 is 7.46. The number of amides is 3. The fourth-order valence-corrected chi connectivity index (χ4v) is 5.40. The number of thiazole rings is 1. The lowest BCUT2D eigenvalue weighted by Gasteiger charge is -2.23. The van der Waals surface area contributed by atoms with Crippen molar-refractivity contribution in [1.82, 2.24) is 24.8 Å². The Morgan fingerprint density at radius 1 is 1.20 bits per heavy atom. The molecular formula is C23H23ClN6O4S. The Morgan fingerprint density at radius 3 is 2.74 bits per heavy atom. The Balaban J connectivity index is 1.34. The van der Waals surface area contributed by atoms with Crippen molar-refractivity contribution in [2.45, 2.75) is 32.5 Å². The maximum atomic E-state index is 13.2. The molecule has 3 aromatic heterocycles. The van der Waals surface area contributed by atoms with Crippen molar-refractivity contribution in [3.8, 4) is 16.9 Å². The monoisotopic (exact) mass is 514 g/mol. The van der Waals surface area contributed by atoms with Crippen molar-refractivity contribution < 1.29 is 19.4 Å². The molecule has 5 heterocycles. The molecule has 10 nitrogen and oxygen atoms in total. The standard InChI is InChI=1S/C23H23ClN6O4S/c1-12-5-14(15-6-20(24)26-8-18(15)34-2)16(7-25-12)21(32)28-22-27-17-10-30(11-19(17)35-22)23(33)29-4-3-13(31)9-29/h5-8,13,31H,3-4,9-11H2,1-2H3,(H,27,28,32)/t13-/m0/s1. The van der Waals surface area contributed by atoms with Gasteiger partial charge in [0.05, 0.1) is 48.6 Å². The van der Waals surface area contributed by atoms with Crippen LogP contribution in [0, 0.1) is 6.92 Å². The fraction of sp³-hybridized carbons (Fsp3) is 0.348. The second kappa shape index (κ2) is 9.40. The molecule has 0 saturated carbocycles. The molecule has 0 unspecified atom stereocenters. The summed E-state index contributed by atoms with van der Waals surface area (Å²) in [6.45, 7) is 3.55. The maximum Gasteiger partial charge on any atom is 0.320 e. The van der Waals surface area contributed by atoms with Crippen molar-refractivity contribution in [2.24, 2.45) is 0 Å². The Labute approximate surface area is 210 Å². The number of β-amino-alcohol motifs (C(OH)–C–C–N with tert-alkyl or cyclic N) is 1. The van der Waals surface area contributed by atoms with Gasteiger partial charge in [-0.05, 0) is 25.5 Å². The molecule has 1 fully saturated rings. The van der Waals surface area contributed by atoms with Gasteiger partial charge in [0.25, 0.3) is 5.91 Å². The third-order valence-corrected chi connectivity index (χ3v) is 7.21. The van der Waals surface area contributed by atoms with Crippen LogP contribution in [0.4, 0.5) is 9.93 Å². The Kier molecular flexibility index (Phi) is 6.30. The van der Waals surface area contributed by atoms with E-state index in [9.17, 15) is 14.7 Å². The summed E-state index contributed by atoms with van der Waals surface area (Å²) < 4.78 is 5.43. The van der Waals surface area contributed by atoms with Gasteiger partial charge in [-0.15, -0.1) is 0 Å². The van der Waals surface area contributed by atoms with E-state index in [1.807, 2.05) is 6.92 Å². The van der Waals surface area contributed by atoms with Crippen LogP contribution in [0.25, 0.3) is 11.1 Å². The zero-order valence-electron chi connectivity index (χ0n) is 19.1. The number of aryl methyl sites for hydroxylation is 1. The Hall–Kier alpha value is -3.28. The molecule has 1 atom stereocenters. The number of likely N-dealkylation sites (tertiary alicyclic amines) is 1. The zero-order chi connectivity index (χ0) is 24.7. The Bertz CT molecular complexity index is 1290. The van der Waals surface area contributed by atoms with Crippen molar-refractivity contribution >= 4 is 40.0 Å². The molecule has 3 aromatic rings. The predicted molar refractivity (Wildman–Crippen MR) is 131 cm³/mol. The molecule has 2 aliphatic rings. The van der Waals surface area contributed by atoms with E-state index in [1.54, 1.807) is 21.9 Å². The lowest BCUT2D eigenvalue weighted by Crippen LogP contribution is -2.39. The van der Waals surface area contributed by atoms with Crippen molar-refractivity contribution in [3.63, 3.8) is 0 Å². The number of anilines is 1. The summed E-state index contributed by atoms with van der Waals surface area (Å²) in [5.41, 5.74) is 3.09. The molecule has 0 spiro atoms. The van der Waals surface area contributed by atoms with Crippen LogP contribution in [0.3, 0.4) is 0 Å². The van der Waals surface area contributed by atoms with Crippen molar-refractivity contribution in [3.05, 3.63) is 51.5 Å². The largest absolute Gasteiger partial charge is 0.494 e. The third kappa shape index (κ3) is 4.66. The number of fused-ring (bicyclic) bond motifs is 1. The van der Waals surface area contributed by atoms with E-state index >= 15 is 0 Å². The summed E-state index contributed by atoms with van der Waals surface area (Å²) in [6.07, 6.45) is 3.17. The smallest absolute Gasteiger partial charge is 0.320 e. The van der Waals surface area contributed by atoms with E-state index in [0.29, 0.717) is 60.2 Å². The van der Waals surface area contributed by atoms with E-state index in [1.165, 1.54) is 30.8 Å². The lowest BCUT2D eigenvalue weighted by molar-refractivity contribution is 0.102. The highest BCUT2D eigenvalue weighted by Gasteiger charge is 2.33. The molecule has 0 aliphatic carbocycles. The number of carbonyl (C=O) groups is 2. The third-order valence-electron chi connectivity index (χ3n) is 6.01. The first kappa shape index (κ1) is 23.5. The van der Waals surface area contributed by atoms with Gasteiger partial charge in [-0.3, -0.25) is 15.1 Å². The Morgan fingerprint density at radius 2 is 2.03 bits per heavy atom. The number of hydrogen-bond acceptors (Lipinski definition) is 8. The van der Waals surface area contributed by atoms with Gasteiger partial charge in [-0.25, -0.2) is 14.8 Å². The second-order valence-corrected chi connectivity index (χ2v) is 9.92. The van der Waals surface area contributed by atoms with Gasteiger partial charge in [0.1, 0.15) is 10.9 Å². The number of urea groups is 1. The number of aliphatic hydroxyl groups is 1. The number of nitrogens with one attached hydrogen (secondary N) is 1. The van der Waals surface area contributed by atoms with E-state index in [2.05, 4.69) is 20.3 Å². The first-order valence-corrected chi connectivity index (χ1v) is 12.2. The average molecular weight is 515 g/mol. The van der Waals surface area contributed by atoms with Crippen LogP contribution < -0.4 is 10.1 Å². The normalized spacial score (nSPS) is 17.0. The minimum Gasteiger partial charge on any atom is -0.494 e. The fourth-order valence-electron chi connectivity index (χ4n) is 4.26. The molecule has 35 heavy (non-hydrogen) atoms. The van der Waals surface area contributed by atoms with Gasteiger partial charge < -0.3 is 19.6 Å². The van der Waals surface area contributed by atoms with Crippen molar-refractivity contribution in [1.29, 1.82) is 0 Å². The molecule has 0 aromatic carbocycles. The molecule has 2 aliphatic heterocycles. The topological polar surface area (TPSA) is 121 Å². The number of rotatable bonds is 4. The molecular weight excluding hydrogens is 492 g/mol. The SMILES string of the molecule is COc1cnc(Cl)cc1-c1cc(C)ncc1C(=O)Nc1nc2c(s1)CN(C(=O)N1CC[C@H](O)C1)C2. The summed E-state index contributed by atoms with van der Waals surface area (Å²) in [6, 6.07) is 3.34. The maximum absolute atomic E-state index is 13.2. The molecule has 12 heteroatoms. The molecule has 5 rings (SSSR count). The van der Waals surface area contributed by atoms with E-state index in [4.69, 9.17) is 16.3 Å². The summed E-state index contributed by atoms with van der Waals surface area (Å²) in [5, 5.41) is 13.3. The number of aliphatic hydroxyl groups excluding tert-OH is 1. The summed E-state index contributed by atoms with van der Waals surface area (Å²) in [5.74, 6) is 0.117. The lowest BCUT2D eigenvalue weighted by atomic mass is 10.0. The zero-order valence-corrected chi connectivity index (χ0v) is 20.7. The highest BCUT2D eigenvalue weighted by Crippen LogP contribution is 2.35. The van der Waals surface area contributed by atoms with Gasteiger partial charge in [0, 0.05) is 36.1 Å². The number of ether oxygens (including phenoxy) is 1. The van der Waals surface area contributed by atoms with Gasteiger partial charge in [-0.1, -0.05) is 22.9 Å². The van der Waals surface area contributed by atoms with Gasteiger partial charge in [0.2, 0.25) is 0 Å². The van der Waals surface area contributed by atoms with Crippen LogP contribution in [0.1, 0.15) is 33.0 Å². The van der Waals surface area contributed by atoms with Crippen LogP contribution in [0.2, 0.25) is 5.15 Å². The van der Waals surface area contributed by atoms with Crippen LogP contribution in [-0.4, -0.2) is 68.1 Å². The van der Waals surface area contributed by atoms with Gasteiger partial charge in [0.15, 0.2) is 5.13 Å². The summed E-state index contributed by atoms with van der Waals surface area (Å²) in [4.78, 5) is 43.1. The van der Waals surface area contributed by atoms with Gasteiger partial charge >= 0.3 is 6.03 Å². The van der Waals surface area contributed by atoms with Crippen LogP contribution in [-0.2, 0) is 13.1 Å². The molecule has 1 saturated heterocycles. The van der Waals surface area contributed by atoms with E-state index in [-0.39, 0.29) is 17.1 Å². The minimum absolute atomic E-state index is 0.0994. The predicted octanol–water partition coefficient (Wildman–Crippen LogP) is 3.33. The highest BCUT2D eigenvalue weighted by atomic mass is 35.5. The number of pyridine rings is 2. The number of halogens is 1. The van der Waals surface area contributed by atoms with E-state index in [0.717, 1.165) is 16.3 Å². The van der Waals surface area contributed by atoms with Crippen molar-refractivity contribution in [2.75, 3.05) is 25.5 Å².